The molecule has 0 spiro atoms. The first kappa shape index (κ1) is 18.1. The van der Waals surface area contributed by atoms with Gasteiger partial charge in [0.15, 0.2) is 9.84 Å². The van der Waals surface area contributed by atoms with E-state index in [4.69, 9.17) is 0 Å². The van der Waals surface area contributed by atoms with Gasteiger partial charge < -0.3 is 4.90 Å². The zero-order valence-electron chi connectivity index (χ0n) is 14.8. The van der Waals surface area contributed by atoms with E-state index >= 15 is 0 Å². The summed E-state index contributed by atoms with van der Waals surface area (Å²) in [6.45, 7) is 0.589. The maximum atomic E-state index is 13.9. The molecule has 0 bridgehead atoms. The molecule has 27 heavy (non-hydrogen) atoms. The van der Waals surface area contributed by atoms with E-state index in [0.29, 0.717) is 18.5 Å². The standard InChI is InChI=1S/C20H21FN2O3S/c21-17-9-5-4-6-15(17)10-11-22-12-20(24)23(16-7-2-1-3-8-16)19-14-27(25,26)13-18(19)22/h1-9,18-19H,10-14H2/t18-,19+/m0/s1. The van der Waals surface area contributed by atoms with Gasteiger partial charge in [0.25, 0.3) is 0 Å². The van der Waals surface area contributed by atoms with Gasteiger partial charge in [-0.3, -0.25) is 9.69 Å². The minimum Gasteiger partial charge on any atom is -0.306 e. The minimum absolute atomic E-state index is 0.0332. The number of hydrogen-bond donors (Lipinski definition) is 0. The number of para-hydroxylation sites is 1. The fourth-order valence-corrected chi connectivity index (χ4v) is 6.07. The lowest BCUT2D eigenvalue weighted by Gasteiger charge is -2.43. The molecule has 0 saturated carbocycles. The first-order valence-corrected chi connectivity index (χ1v) is 10.8. The summed E-state index contributed by atoms with van der Waals surface area (Å²) in [6, 6.07) is 15.1. The Morgan fingerprint density at radius 3 is 2.37 bits per heavy atom. The van der Waals surface area contributed by atoms with Crippen molar-refractivity contribution < 1.29 is 17.6 Å². The average molecular weight is 388 g/mol. The Labute approximate surface area is 158 Å². The SMILES string of the molecule is O=C1CN(CCc2ccccc2F)[C@H]2CS(=O)(=O)C[C@H]2N1c1ccccc1. The number of piperazine rings is 1. The molecular weight excluding hydrogens is 367 g/mol. The second-order valence-electron chi connectivity index (χ2n) is 7.12. The van der Waals surface area contributed by atoms with Gasteiger partial charge in [-0.25, -0.2) is 12.8 Å². The second kappa shape index (κ2) is 7.05. The number of carbonyl (C=O) groups excluding carboxylic acids is 1. The van der Waals surface area contributed by atoms with E-state index in [0.717, 1.165) is 5.69 Å². The van der Waals surface area contributed by atoms with Crippen LogP contribution in [-0.4, -0.2) is 55.9 Å². The number of benzene rings is 2. The first-order valence-electron chi connectivity index (χ1n) is 8.99. The molecule has 2 aliphatic heterocycles. The fraction of sp³-hybridized carbons (Fsp3) is 0.350. The van der Waals surface area contributed by atoms with Crippen molar-refractivity contribution in [2.45, 2.75) is 18.5 Å². The van der Waals surface area contributed by atoms with Gasteiger partial charge in [0.2, 0.25) is 5.91 Å². The van der Waals surface area contributed by atoms with E-state index in [1.165, 1.54) is 6.07 Å². The van der Waals surface area contributed by atoms with Crippen molar-refractivity contribution in [3.63, 3.8) is 0 Å². The molecule has 1 amide bonds. The van der Waals surface area contributed by atoms with Crippen LogP contribution in [0.3, 0.4) is 0 Å². The highest BCUT2D eigenvalue weighted by molar-refractivity contribution is 7.91. The van der Waals surface area contributed by atoms with Crippen LogP contribution < -0.4 is 4.90 Å². The van der Waals surface area contributed by atoms with Gasteiger partial charge in [-0.1, -0.05) is 36.4 Å². The Hall–Kier alpha value is -2.25. The number of carbonyl (C=O) groups is 1. The van der Waals surface area contributed by atoms with E-state index < -0.39 is 15.9 Å². The maximum absolute atomic E-state index is 13.9. The Balaban J connectivity index is 1.59. The van der Waals surface area contributed by atoms with Crippen molar-refractivity contribution in [2.75, 3.05) is 29.5 Å². The van der Waals surface area contributed by atoms with Crippen LogP contribution in [0.25, 0.3) is 0 Å². The normalized spacial score (nSPS) is 24.8. The molecular formula is C20H21FN2O3S. The van der Waals surface area contributed by atoms with Crippen LogP contribution in [0.5, 0.6) is 0 Å². The van der Waals surface area contributed by atoms with Gasteiger partial charge in [0, 0.05) is 18.3 Å². The highest BCUT2D eigenvalue weighted by atomic mass is 32.2. The van der Waals surface area contributed by atoms with Crippen LogP contribution in [0.15, 0.2) is 54.6 Å². The average Bonchev–Trinajstić information content (AvgIpc) is 2.96. The second-order valence-corrected chi connectivity index (χ2v) is 9.28. The van der Waals surface area contributed by atoms with Gasteiger partial charge in [-0.15, -0.1) is 0 Å². The molecule has 0 N–H and O–H groups in total. The molecule has 0 aromatic heterocycles. The molecule has 0 radical (unpaired) electrons. The molecule has 2 aromatic carbocycles. The highest BCUT2D eigenvalue weighted by Gasteiger charge is 2.49. The topological polar surface area (TPSA) is 57.7 Å². The molecule has 7 heteroatoms. The molecule has 5 nitrogen and oxygen atoms in total. The van der Waals surface area contributed by atoms with Crippen molar-refractivity contribution in [2.24, 2.45) is 0 Å². The van der Waals surface area contributed by atoms with E-state index in [1.54, 1.807) is 23.1 Å². The predicted molar refractivity (Wildman–Crippen MR) is 102 cm³/mol. The largest absolute Gasteiger partial charge is 0.306 e. The summed E-state index contributed by atoms with van der Waals surface area (Å²) in [5.74, 6) is -0.393. The number of fused-ring (bicyclic) bond motifs is 1. The van der Waals surface area contributed by atoms with Gasteiger partial charge in [-0.05, 0) is 30.2 Å². The van der Waals surface area contributed by atoms with Crippen LogP contribution in [0, 0.1) is 5.82 Å². The Morgan fingerprint density at radius 1 is 0.963 bits per heavy atom. The first-order chi connectivity index (χ1) is 12.9. The summed E-state index contributed by atoms with van der Waals surface area (Å²) in [6.07, 6.45) is 0.439. The van der Waals surface area contributed by atoms with Crippen LogP contribution in [-0.2, 0) is 21.1 Å². The number of sulfone groups is 1. The molecule has 2 aliphatic rings. The summed E-state index contributed by atoms with van der Waals surface area (Å²) in [5.41, 5.74) is 1.30. The summed E-state index contributed by atoms with van der Waals surface area (Å²) in [7, 11) is -3.23. The summed E-state index contributed by atoms with van der Waals surface area (Å²) >= 11 is 0. The lowest BCUT2D eigenvalue weighted by molar-refractivity contribution is -0.123. The van der Waals surface area contributed by atoms with Crippen molar-refractivity contribution in [1.82, 2.24) is 4.90 Å². The Morgan fingerprint density at radius 2 is 1.63 bits per heavy atom. The molecule has 142 valence electrons. The third kappa shape index (κ3) is 3.61. The minimum atomic E-state index is -3.23. The molecule has 4 rings (SSSR count). The predicted octanol–water partition coefficient (Wildman–Crippen LogP) is 1.88. The van der Waals surface area contributed by atoms with Crippen molar-refractivity contribution in [3.8, 4) is 0 Å². The molecule has 2 atom stereocenters. The van der Waals surface area contributed by atoms with Crippen LogP contribution in [0.2, 0.25) is 0 Å². The van der Waals surface area contributed by atoms with E-state index in [2.05, 4.69) is 0 Å². The third-order valence-electron chi connectivity index (χ3n) is 5.36. The zero-order chi connectivity index (χ0) is 19.0. The number of rotatable bonds is 4. The summed E-state index contributed by atoms with van der Waals surface area (Å²) in [5, 5.41) is 0. The number of hydrogen-bond acceptors (Lipinski definition) is 4. The molecule has 2 saturated heterocycles. The van der Waals surface area contributed by atoms with Crippen molar-refractivity contribution in [3.05, 3.63) is 66.0 Å². The fourth-order valence-electron chi connectivity index (χ4n) is 4.09. The third-order valence-corrected chi connectivity index (χ3v) is 7.06. The van der Waals surface area contributed by atoms with Crippen LogP contribution >= 0.6 is 0 Å². The molecule has 2 heterocycles. The zero-order valence-corrected chi connectivity index (χ0v) is 15.6. The molecule has 0 unspecified atom stereocenters. The molecule has 0 aliphatic carbocycles. The lowest BCUT2D eigenvalue weighted by atomic mass is 10.0. The highest BCUT2D eigenvalue weighted by Crippen LogP contribution is 2.31. The molecule has 2 aromatic rings. The van der Waals surface area contributed by atoms with Gasteiger partial charge in [0.05, 0.1) is 24.1 Å². The van der Waals surface area contributed by atoms with Gasteiger partial charge in [-0.2, -0.15) is 0 Å². The summed E-state index contributed by atoms with van der Waals surface area (Å²) < 4.78 is 38.6. The lowest BCUT2D eigenvalue weighted by Crippen LogP contribution is -2.62. The van der Waals surface area contributed by atoms with Crippen molar-refractivity contribution >= 4 is 21.4 Å². The Kier molecular flexibility index (Phi) is 4.74. The van der Waals surface area contributed by atoms with Gasteiger partial charge in [0.1, 0.15) is 5.82 Å². The van der Waals surface area contributed by atoms with E-state index in [1.807, 2.05) is 35.2 Å². The van der Waals surface area contributed by atoms with E-state index in [9.17, 15) is 17.6 Å². The number of halogens is 1. The number of amides is 1. The number of anilines is 1. The smallest absolute Gasteiger partial charge is 0.241 e. The van der Waals surface area contributed by atoms with Gasteiger partial charge >= 0.3 is 0 Å². The molecule has 2 fully saturated rings. The quantitative estimate of drug-likeness (QED) is 0.803. The van der Waals surface area contributed by atoms with E-state index in [-0.39, 0.29) is 35.8 Å². The monoisotopic (exact) mass is 388 g/mol. The number of nitrogens with zero attached hydrogens (tertiary/aromatic N) is 2. The Bertz CT molecular complexity index is 949. The maximum Gasteiger partial charge on any atom is 0.241 e. The van der Waals surface area contributed by atoms with Crippen LogP contribution in [0.4, 0.5) is 10.1 Å². The van der Waals surface area contributed by atoms with Crippen LogP contribution in [0.1, 0.15) is 5.56 Å². The van der Waals surface area contributed by atoms with Crippen molar-refractivity contribution in [1.29, 1.82) is 0 Å². The summed E-state index contributed by atoms with van der Waals surface area (Å²) in [4.78, 5) is 16.4.